The number of aromatic nitrogens is 1. The molecule has 2 aromatic rings. The average Bonchev–Trinajstić information content (AvgIpc) is 2.43. The summed E-state index contributed by atoms with van der Waals surface area (Å²) in [6.45, 7) is 3.07. The predicted molar refractivity (Wildman–Crippen MR) is 87.0 cm³/mol. The normalized spacial score (nSPS) is 10.4. The Balaban J connectivity index is 1.80. The lowest BCUT2D eigenvalue weighted by Gasteiger charge is -2.06. The van der Waals surface area contributed by atoms with Crippen LogP contribution in [0.3, 0.4) is 0 Å². The van der Waals surface area contributed by atoms with E-state index in [9.17, 15) is 0 Å². The third-order valence-corrected chi connectivity index (χ3v) is 4.04. The van der Waals surface area contributed by atoms with E-state index in [1.807, 2.05) is 23.9 Å². The molecule has 0 saturated carbocycles. The van der Waals surface area contributed by atoms with Crippen LogP contribution in [-0.2, 0) is 6.42 Å². The summed E-state index contributed by atoms with van der Waals surface area (Å²) in [6, 6.07) is 12.8. The number of thioether (sulfide) groups is 1. The van der Waals surface area contributed by atoms with E-state index in [-0.39, 0.29) is 0 Å². The lowest BCUT2D eigenvalue weighted by molar-refractivity contribution is 1.00. The Morgan fingerprint density at radius 2 is 1.95 bits per heavy atom. The quantitative estimate of drug-likeness (QED) is 0.779. The van der Waals surface area contributed by atoms with Gasteiger partial charge in [-0.2, -0.15) is 0 Å². The Labute approximate surface area is 127 Å². The molecule has 0 aliphatic rings. The van der Waals surface area contributed by atoms with Gasteiger partial charge in [0.1, 0.15) is 5.82 Å². The number of halogens is 1. The third kappa shape index (κ3) is 4.88. The number of anilines is 1. The van der Waals surface area contributed by atoms with Crippen LogP contribution in [0.1, 0.15) is 12.5 Å². The first kappa shape index (κ1) is 14.4. The SMILES string of the molecule is CCSc1ccc(CCNc2ccc(Br)cn2)cc1. The van der Waals surface area contributed by atoms with Crippen LogP contribution < -0.4 is 5.32 Å². The maximum atomic E-state index is 4.29. The van der Waals surface area contributed by atoms with E-state index in [0.717, 1.165) is 29.0 Å². The first-order valence-corrected chi connectivity index (χ1v) is 8.13. The zero-order chi connectivity index (χ0) is 13.5. The van der Waals surface area contributed by atoms with Crippen molar-refractivity contribution in [1.29, 1.82) is 0 Å². The Bertz CT molecular complexity index is 497. The molecule has 0 bridgehead atoms. The summed E-state index contributed by atoms with van der Waals surface area (Å²) >= 11 is 5.25. The van der Waals surface area contributed by atoms with Crippen molar-refractivity contribution in [2.75, 3.05) is 17.6 Å². The van der Waals surface area contributed by atoms with Crippen molar-refractivity contribution >= 4 is 33.5 Å². The monoisotopic (exact) mass is 336 g/mol. The van der Waals surface area contributed by atoms with Gasteiger partial charge in [0, 0.05) is 22.1 Å². The topological polar surface area (TPSA) is 24.9 Å². The zero-order valence-electron chi connectivity index (χ0n) is 10.9. The molecule has 1 aromatic heterocycles. The van der Waals surface area contributed by atoms with E-state index in [1.165, 1.54) is 10.5 Å². The molecule has 4 heteroatoms. The first-order valence-electron chi connectivity index (χ1n) is 6.35. The van der Waals surface area contributed by atoms with Crippen LogP contribution in [0, 0.1) is 0 Å². The summed E-state index contributed by atoms with van der Waals surface area (Å²) in [7, 11) is 0. The maximum Gasteiger partial charge on any atom is 0.125 e. The van der Waals surface area contributed by atoms with Gasteiger partial charge in [-0.15, -0.1) is 11.8 Å². The Morgan fingerprint density at radius 3 is 2.58 bits per heavy atom. The fraction of sp³-hybridized carbons (Fsp3) is 0.267. The number of pyridine rings is 1. The number of hydrogen-bond donors (Lipinski definition) is 1. The van der Waals surface area contributed by atoms with Crippen molar-refractivity contribution in [1.82, 2.24) is 4.98 Å². The predicted octanol–water partition coefficient (Wildman–Crippen LogP) is 4.61. The molecule has 2 nitrogen and oxygen atoms in total. The highest BCUT2D eigenvalue weighted by molar-refractivity contribution is 9.10. The van der Waals surface area contributed by atoms with Gasteiger partial charge in [0.25, 0.3) is 0 Å². The summed E-state index contributed by atoms with van der Waals surface area (Å²) in [5, 5.41) is 3.32. The highest BCUT2D eigenvalue weighted by Crippen LogP contribution is 2.18. The summed E-state index contributed by atoms with van der Waals surface area (Å²) in [5.41, 5.74) is 1.35. The van der Waals surface area contributed by atoms with Gasteiger partial charge in [0.2, 0.25) is 0 Å². The largest absolute Gasteiger partial charge is 0.370 e. The molecule has 2 rings (SSSR count). The Kier molecular flexibility index (Phi) is 5.73. The lowest BCUT2D eigenvalue weighted by Crippen LogP contribution is -2.05. The van der Waals surface area contributed by atoms with Crippen molar-refractivity contribution in [2.24, 2.45) is 0 Å². The molecule has 0 saturated heterocycles. The van der Waals surface area contributed by atoms with E-state index in [4.69, 9.17) is 0 Å². The smallest absolute Gasteiger partial charge is 0.125 e. The fourth-order valence-corrected chi connectivity index (χ4v) is 2.63. The second kappa shape index (κ2) is 7.56. The average molecular weight is 337 g/mol. The van der Waals surface area contributed by atoms with Crippen LogP contribution in [0.15, 0.2) is 52.0 Å². The van der Waals surface area contributed by atoms with Crippen molar-refractivity contribution < 1.29 is 0 Å². The molecule has 1 heterocycles. The molecule has 1 N–H and O–H groups in total. The van der Waals surface area contributed by atoms with Crippen molar-refractivity contribution in [3.05, 3.63) is 52.6 Å². The molecule has 0 atom stereocenters. The molecule has 100 valence electrons. The first-order chi connectivity index (χ1) is 9.28. The van der Waals surface area contributed by atoms with E-state index in [0.29, 0.717) is 0 Å². The molecular formula is C15H17BrN2S. The molecule has 0 aliphatic carbocycles. The number of nitrogens with zero attached hydrogens (tertiary/aromatic N) is 1. The Hall–Kier alpha value is -1.00. The van der Waals surface area contributed by atoms with Gasteiger partial charge in [0.15, 0.2) is 0 Å². The van der Waals surface area contributed by atoms with E-state index in [1.54, 1.807) is 6.20 Å². The molecule has 0 amide bonds. The molecular weight excluding hydrogens is 320 g/mol. The fourth-order valence-electron chi connectivity index (χ4n) is 1.73. The lowest BCUT2D eigenvalue weighted by atomic mass is 10.1. The molecule has 0 fully saturated rings. The van der Waals surface area contributed by atoms with Gasteiger partial charge in [-0.1, -0.05) is 19.1 Å². The second-order valence-corrected chi connectivity index (χ2v) is 6.37. The summed E-state index contributed by atoms with van der Waals surface area (Å²) in [6.07, 6.45) is 2.81. The van der Waals surface area contributed by atoms with E-state index < -0.39 is 0 Å². The summed E-state index contributed by atoms with van der Waals surface area (Å²) < 4.78 is 1.00. The highest BCUT2D eigenvalue weighted by Gasteiger charge is 1.97. The van der Waals surface area contributed by atoms with Gasteiger partial charge in [0.05, 0.1) is 0 Å². The maximum absolute atomic E-state index is 4.29. The molecule has 0 aliphatic heterocycles. The summed E-state index contributed by atoms with van der Waals surface area (Å²) in [4.78, 5) is 5.63. The molecule has 0 radical (unpaired) electrons. The van der Waals surface area contributed by atoms with Crippen molar-refractivity contribution in [3.8, 4) is 0 Å². The minimum atomic E-state index is 0.898. The van der Waals surface area contributed by atoms with Gasteiger partial charge in [-0.3, -0.25) is 0 Å². The molecule has 19 heavy (non-hydrogen) atoms. The number of hydrogen-bond acceptors (Lipinski definition) is 3. The number of rotatable bonds is 6. The van der Waals surface area contributed by atoms with Crippen molar-refractivity contribution in [2.45, 2.75) is 18.2 Å². The van der Waals surface area contributed by atoms with Gasteiger partial charge in [-0.25, -0.2) is 4.98 Å². The third-order valence-electron chi connectivity index (χ3n) is 2.68. The second-order valence-electron chi connectivity index (χ2n) is 4.12. The van der Waals surface area contributed by atoms with Crippen LogP contribution in [0.5, 0.6) is 0 Å². The zero-order valence-corrected chi connectivity index (χ0v) is 13.3. The summed E-state index contributed by atoms with van der Waals surface area (Å²) in [5.74, 6) is 2.04. The van der Waals surface area contributed by atoms with Crippen LogP contribution in [0.25, 0.3) is 0 Å². The van der Waals surface area contributed by atoms with Crippen LogP contribution >= 0.6 is 27.7 Å². The highest BCUT2D eigenvalue weighted by atomic mass is 79.9. The number of nitrogens with one attached hydrogen (secondary N) is 1. The standard InChI is InChI=1S/C15H17BrN2S/c1-2-19-14-6-3-12(4-7-14)9-10-17-15-8-5-13(16)11-18-15/h3-8,11H,2,9-10H2,1H3,(H,17,18). The molecule has 1 aromatic carbocycles. The molecule has 0 spiro atoms. The van der Waals surface area contributed by atoms with Gasteiger partial charge >= 0.3 is 0 Å². The van der Waals surface area contributed by atoms with E-state index in [2.05, 4.69) is 57.4 Å². The minimum absolute atomic E-state index is 0.898. The number of benzene rings is 1. The van der Waals surface area contributed by atoms with Gasteiger partial charge < -0.3 is 5.32 Å². The minimum Gasteiger partial charge on any atom is -0.370 e. The van der Waals surface area contributed by atoms with Crippen LogP contribution in [0.2, 0.25) is 0 Å². The van der Waals surface area contributed by atoms with Crippen LogP contribution in [0.4, 0.5) is 5.82 Å². The van der Waals surface area contributed by atoms with E-state index >= 15 is 0 Å². The van der Waals surface area contributed by atoms with Crippen molar-refractivity contribution in [3.63, 3.8) is 0 Å². The van der Waals surface area contributed by atoms with Gasteiger partial charge in [-0.05, 0) is 57.9 Å². The van der Waals surface area contributed by atoms with Crippen LogP contribution in [-0.4, -0.2) is 17.3 Å². The Morgan fingerprint density at radius 1 is 1.16 bits per heavy atom. The molecule has 0 unspecified atom stereocenters.